The molecule has 0 N–H and O–H groups in total. The number of hydrogen-bond donors (Lipinski definition) is 0. The summed E-state index contributed by atoms with van der Waals surface area (Å²) in [5.74, 6) is 0.435. The second-order valence-electron chi connectivity index (χ2n) is 2.69. The van der Waals surface area contributed by atoms with Gasteiger partial charge < -0.3 is 13.9 Å². The summed E-state index contributed by atoms with van der Waals surface area (Å²) in [6.45, 7) is 1.81. The third-order valence-corrected chi connectivity index (χ3v) is 1.70. The zero-order valence-corrected chi connectivity index (χ0v) is 8.37. The van der Waals surface area contributed by atoms with Crippen molar-refractivity contribution in [3.8, 4) is 0 Å². The van der Waals surface area contributed by atoms with E-state index in [4.69, 9.17) is 9.15 Å². The number of carbonyl (C=O) groups is 1. The lowest BCUT2D eigenvalue weighted by Gasteiger charge is -1.94. The average molecular weight is 196 g/mol. The Morgan fingerprint density at radius 3 is 2.71 bits per heavy atom. The minimum Gasteiger partial charge on any atom is -0.501 e. The van der Waals surface area contributed by atoms with Gasteiger partial charge in [-0.05, 0) is 19.1 Å². The summed E-state index contributed by atoms with van der Waals surface area (Å²) >= 11 is 0. The van der Waals surface area contributed by atoms with Crippen molar-refractivity contribution in [2.24, 2.45) is 0 Å². The van der Waals surface area contributed by atoms with Crippen LogP contribution in [0.2, 0.25) is 0 Å². The molecule has 14 heavy (non-hydrogen) atoms. The lowest BCUT2D eigenvalue weighted by Crippen LogP contribution is -1.98. The molecule has 0 aromatic carbocycles. The van der Waals surface area contributed by atoms with E-state index in [0.29, 0.717) is 0 Å². The molecule has 0 aliphatic rings. The van der Waals surface area contributed by atoms with Gasteiger partial charge in [-0.15, -0.1) is 0 Å². The van der Waals surface area contributed by atoms with Crippen molar-refractivity contribution in [2.45, 2.75) is 6.92 Å². The second-order valence-corrected chi connectivity index (χ2v) is 2.69. The first kappa shape index (κ1) is 10.4. The van der Waals surface area contributed by atoms with Gasteiger partial charge in [0.15, 0.2) is 0 Å². The molecule has 0 unspecified atom stereocenters. The van der Waals surface area contributed by atoms with Gasteiger partial charge >= 0.3 is 5.97 Å². The number of carbonyl (C=O) groups excluding carboxylic acids is 1. The Labute approximate surface area is 82.1 Å². The third-order valence-electron chi connectivity index (χ3n) is 1.70. The van der Waals surface area contributed by atoms with Crippen molar-refractivity contribution in [1.29, 1.82) is 0 Å². The first-order valence-electron chi connectivity index (χ1n) is 4.06. The smallest absolute Gasteiger partial charge is 0.373 e. The fourth-order valence-electron chi connectivity index (χ4n) is 0.928. The van der Waals surface area contributed by atoms with Crippen LogP contribution >= 0.6 is 0 Å². The molecule has 0 fully saturated rings. The normalized spacial score (nSPS) is 11.2. The van der Waals surface area contributed by atoms with Gasteiger partial charge in [-0.2, -0.15) is 0 Å². The lowest BCUT2D eigenvalue weighted by molar-refractivity contribution is 0.0565. The highest BCUT2D eigenvalue weighted by atomic mass is 16.5. The molecule has 0 aliphatic carbocycles. The summed E-state index contributed by atoms with van der Waals surface area (Å²) in [5, 5.41) is 0. The molecule has 0 spiro atoms. The van der Waals surface area contributed by atoms with Crippen LogP contribution in [0, 0.1) is 0 Å². The summed E-state index contributed by atoms with van der Waals surface area (Å²) in [4.78, 5) is 11.0. The molecule has 76 valence electrons. The van der Waals surface area contributed by atoms with E-state index in [-0.39, 0.29) is 5.76 Å². The highest BCUT2D eigenvalue weighted by Gasteiger charge is 2.09. The molecule has 0 bridgehead atoms. The van der Waals surface area contributed by atoms with Gasteiger partial charge in [0.05, 0.1) is 26.2 Å². The van der Waals surface area contributed by atoms with Crippen molar-refractivity contribution in [1.82, 2.24) is 0 Å². The molecule has 1 heterocycles. The van der Waals surface area contributed by atoms with Crippen LogP contribution < -0.4 is 0 Å². The van der Waals surface area contributed by atoms with Crippen LogP contribution in [0.15, 0.2) is 22.5 Å². The Bertz CT molecular complexity index is 349. The molecule has 0 amide bonds. The Morgan fingerprint density at radius 1 is 1.43 bits per heavy atom. The molecule has 4 heteroatoms. The molecule has 0 atom stereocenters. The third kappa shape index (κ3) is 2.39. The zero-order valence-electron chi connectivity index (χ0n) is 8.37. The second kappa shape index (κ2) is 4.50. The highest BCUT2D eigenvalue weighted by molar-refractivity contribution is 5.86. The van der Waals surface area contributed by atoms with E-state index in [0.717, 1.165) is 11.3 Å². The highest BCUT2D eigenvalue weighted by Crippen LogP contribution is 2.12. The number of rotatable bonds is 3. The van der Waals surface area contributed by atoms with Gasteiger partial charge in [-0.3, -0.25) is 0 Å². The Kier molecular flexibility index (Phi) is 3.34. The quantitative estimate of drug-likeness (QED) is 0.548. The molecular formula is C10H12O4. The van der Waals surface area contributed by atoms with Crippen molar-refractivity contribution in [2.75, 3.05) is 14.2 Å². The lowest BCUT2D eigenvalue weighted by atomic mass is 10.3. The molecule has 4 nitrogen and oxygen atoms in total. The van der Waals surface area contributed by atoms with Crippen LogP contribution in [-0.2, 0) is 9.47 Å². The van der Waals surface area contributed by atoms with Crippen molar-refractivity contribution < 1.29 is 18.7 Å². The van der Waals surface area contributed by atoms with Crippen molar-refractivity contribution in [3.05, 3.63) is 29.4 Å². The Balaban J connectivity index is 2.83. The van der Waals surface area contributed by atoms with E-state index in [2.05, 4.69) is 4.74 Å². The van der Waals surface area contributed by atoms with Gasteiger partial charge in [-0.25, -0.2) is 4.79 Å². The minimum absolute atomic E-state index is 0.183. The number of ether oxygens (including phenoxy) is 2. The first-order chi connectivity index (χ1) is 6.67. The summed E-state index contributed by atoms with van der Waals surface area (Å²) < 4.78 is 14.4. The number of allylic oxidation sites excluding steroid dienone is 1. The Morgan fingerprint density at radius 2 is 2.14 bits per heavy atom. The van der Waals surface area contributed by atoms with Crippen molar-refractivity contribution in [3.63, 3.8) is 0 Å². The molecule has 0 aliphatic heterocycles. The van der Waals surface area contributed by atoms with E-state index < -0.39 is 5.97 Å². The van der Waals surface area contributed by atoms with Gasteiger partial charge in [0, 0.05) is 5.56 Å². The number of hydrogen-bond acceptors (Lipinski definition) is 4. The molecule has 1 aromatic heterocycles. The van der Waals surface area contributed by atoms with Gasteiger partial charge in [0.25, 0.3) is 0 Å². The van der Waals surface area contributed by atoms with Crippen molar-refractivity contribution >= 4 is 12.0 Å². The fourth-order valence-corrected chi connectivity index (χ4v) is 0.928. The summed E-state index contributed by atoms with van der Waals surface area (Å²) in [6.07, 6.45) is 3.23. The maximum absolute atomic E-state index is 11.0. The molecule has 1 aromatic rings. The fraction of sp³-hybridized carbons (Fsp3) is 0.300. The van der Waals surface area contributed by atoms with E-state index in [9.17, 15) is 4.79 Å². The molecule has 0 saturated carbocycles. The summed E-state index contributed by atoms with van der Waals surface area (Å²) in [7, 11) is 2.88. The van der Waals surface area contributed by atoms with Gasteiger partial charge in [0.2, 0.25) is 5.76 Å². The van der Waals surface area contributed by atoms with Gasteiger partial charge in [0.1, 0.15) is 0 Å². The Hall–Kier alpha value is -1.71. The summed E-state index contributed by atoms with van der Waals surface area (Å²) in [6, 6.07) is 1.59. The van der Waals surface area contributed by atoms with Crippen LogP contribution in [-0.4, -0.2) is 20.2 Å². The SMILES string of the molecule is COC(=O)c1cc(/C=C(\C)OC)co1. The average Bonchev–Trinajstić information content (AvgIpc) is 2.65. The van der Waals surface area contributed by atoms with Crippen LogP contribution in [0.25, 0.3) is 6.08 Å². The molecular weight excluding hydrogens is 184 g/mol. The largest absolute Gasteiger partial charge is 0.501 e. The predicted molar refractivity (Wildman–Crippen MR) is 50.7 cm³/mol. The maximum Gasteiger partial charge on any atom is 0.373 e. The van der Waals surface area contributed by atoms with Crippen LogP contribution in [0.1, 0.15) is 23.0 Å². The van der Waals surface area contributed by atoms with E-state index >= 15 is 0 Å². The minimum atomic E-state index is -0.486. The van der Waals surface area contributed by atoms with E-state index in [1.54, 1.807) is 19.3 Å². The van der Waals surface area contributed by atoms with Gasteiger partial charge in [-0.1, -0.05) is 0 Å². The monoisotopic (exact) mass is 196 g/mol. The van der Waals surface area contributed by atoms with Crippen LogP contribution in [0.4, 0.5) is 0 Å². The number of methoxy groups -OCH3 is 2. The zero-order chi connectivity index (χ0) is 10.6. The standard InChI is InChI=1S/C10H12O4/c1-7(12-2)4-8-5-9(14-6-8)10(11)13-3/h4-6H,1-3H3/b7-4+. The van der Waals surface area contributed by atoms with E-state index in [1.165, 1.54) is 13.4 Å². The van der Waals surface area contributed by atoms with Crippen LogP contribution in [0.3, 0.4) is 0 Å². The summed E-state index contributed by atoms with van der Waals surface area (Å²) in [5.41, 5.74) is 0.768. The topological polar surface area (TPSA) is 48.7 Å². The molecule has 0 saturated heterocycles. The van der Waals surface area contributed by atoms with E-state index in [1.807, 2.05) is 6.92 Å². The maximum atomic E-state index is 11.0. The molecule has 1 rings (SSSR count). The predicted octanol–water partition coefficient (Wildman–Crippen LogP) is 2.07. The molecule has 0 radical (unpaired) electrons. The van der Waals surface area contributed by atoms with Crippen LogP contribution in [0.5, 0.6) is 0 Å². The number of furan rings is 1. The first-order valence-corrected chi connectivity index (χ1v) is 4.06. The number of esters is 1.